The number of aryl methyl sites for hydroxylation is 1. The highest BCUT2D eigenvalue weighted by atomic mass is 35.5. The lowest BCUT2D eigenvalue weighted by Gasteiger charge is -2.12. The van der Waals surface area contributed by atoms with E-state index in [1.807, 2.05) is 35.9 Å². The summed E-state index contributed by atoms with van der Waals surface area (Å²) < 4.78 is 18.6. The van der Waals surface area contributed by atoms with Crippen molar-refractivity contribution in [2.75, 3.05) is 13.7 Å². The third kappa shape index (κ3) is 4.59. The molecule has 8 heteroatoms. The Labute approximate surface area is 198 Å². The van der Waals surface area contributed by atoms with Crippen LogP contribution in [-0.2, 0) is 18.4 Å². The monoisotopic (exact) mass is 468 g/mol. The number of nitrogens with zero attached hydrogens (tertiary/aromatic N) is 2. The average molecular weight is 469 g/mol. The Morgan fingerprint density at radius 2 is 1.88 bits per heavy atom. The van der Waals surface area contributed by atoms with Gasteiger partial charge < -0.3 is 23.9 Å². The summed E-state index contributed by atoms with van der Waals surface area (Å²) in [6.07, 6.45) is 3.36. The van der Waals surface area contributed by atoms with Crippen molar-refractivity contribution in [1.82, 2.24) is 9.55 Å². The van der Waals surface area contributed by atoms with E-state index in [-0.39, 0.29) is 31.4 Å². The summed E-state index contributed by atoms with van der Waals surface area (Å²) >= 11 is 0. The number of pyridine rings is 1. The highest BCUT2D eigenvalue weighted by Gasteiger charge is 2.24. The second-order valence-electron chi connectivity index (χ2n) is 7.17. The topological polar surface area (TPSA) is 82.8 Å². The molecule has 7 nitrogen and oxygen atoms in total. The molecule has 172 valence electrons. The van der Waals surface area contributed by atoms with Crippen LogP contribution in [-0.4, -0.2) is 34.3 Å². The number of carbonyl (C=O) groups is 1. The maximum atomic E-state index is 12.9. The Balaban J connectivity index is 0.00000306. The Morgan fingerprint density at radius 1 is 1.12 bits per heavy atom. The van der Waals surface area contributed by atoms with E-state index < -0.39 is 5.97 Å². The molecule has 4 aromatic rings. The zero-order valence-corrected chi connectivity index (χ0v) is 19.4. The number of aromatic nitrogens is 2. The van der Waals surface area contributed by atoms with E-state index in [2.05, 4.69) is 4.98 Å². The van der Waals surface area contributed by atoms with Crippen molar-refractivity contribution < 1.29 is 24.1 Å². The molecule has 0 unspecified atom stereocenters. The van der Waals surface area contributed by atoms with Crippen LogP contribution in [0.2, 0.25) is 0 Å². The minimum atomic E-state index is -0.467. The van der Waals surface area contributed by atoms with Crippen molar-refractivity contribution in [3.8, 4) is 28.4 Å². The van der Waals surface area contributed by atoms with Crippen LogP contribution in [0.5, 0.6) is 17.2 Å². The minimum Gasteiger partial charge on any atom is -0.507 e. The number of hydrogen-bond donors (Lipinski definition) is 1. The second-order valence-corrected chi connectivity index (χ2v) is 7.17. The number of aromatic hydroxyl groups is 1. The van der Waals surface area contributed by atoms with Crippen LogP contribution in [0.15, 0.2) is 60.9 Å². The van der Waals surface area contributed by atoms with Crippen LogP contribution < -0.4 is 9.47 Å². The van der Waals surface area contributed by atoms with Gasteiger partial charge in [0, 0.05) is 41.5 Å². The number of hydrogen-bond acceptors (Lipinski definition) is 6. The molecule has 0 radical (unpaired) electrons. The SMILES string of the molecule is CCOC(=O)c1c(COc2ccccc2OC)n(C)c2cc(-c3cccnc3)c(O)cc12.Cl. The molecule has 4 rings (SSSR count). The highest BCUT2D eigenvalue weighted by Crippen LogP contribution is 2.37. The lowest BCUT2D eigenvalue weighted by atomic mass is 10.0. The summed E-state index contributed by atoms with van der Waals surface area (Å²) in [7, 11) is 3.43. The van der Waals surface area contributed by atoms with E-state index in [0.717, 1.165) is 11.1 Å². The van der Waals surface area contributed by atoms with Crippen molar-refractivity contribution in [2.45, 2.75) is 13.5 Å². The summed E-state index contributed by atoms with van der Waals surface area (Å²) in [5, 5.41) is 11.3. The van der Waals surface area contributed by atoms with E-state index in [0.29, 0.717) is 33.7 Å². The standard InChI is InChI=1S/C25H24N2O5.ClH/c1-4-31-25(29)24-18-13-21(28)17(16-8-7-11-26-14-16)12-19(18)27(2)20(24)15-32-23-10-6-5-9-22(23)30-3;/h5-14,28H,4,15H2,1-3H3;1H. The molecule has 0 aliphatic rings. The molecular weight excluding hydrogens is 444 g/mol. The van der Waals surface area contributed by atoms with Crippen LogP contribution in [0.3, 0.4) is 0 Å². The number of para-hydroxylation sites is 2. The van der Waals surface area contributed by atoms with Gasteiger partial charge in [0.05, 0.1) is 25.0 Å². The molecule has 0 aliphatic heterocycles. The molecule has 2 heterocycles. The van der Waals surface area contributed by atoms with Crippen molar-refractivity contribution >= 4 is 29.3 Å². The van der Waals surface area contributed by atoms with Gasteiger partial charge in [-0.1, -0.05) is 18.2 Å². The van der Waals surface area contributed by atoms with Gasteiger partial charge in [-0.2, -0.15) is 0 Å². The van der Waals surface area contributed by atoms with Gasteiger partial charge in [0.2, 0.25) is 0 Å². The smallest absolute Gasteiger partial charge is 0.340 e. The first-order valence-electron chi connectivity index (χ1n) is 10.2. The number of fused-ring (bicyclic) bond motifs is 1. The first-order chi connectivity index (χ1) is 15.5. The number of ether oxygens (including phenoxy) is 3. The van der Waals surface area contributed by atoms with Crippen molar-refractivity contribution in [3.05, 3.63) is 72.2 Å². The fraction of sp³-hybridized carbons (Fsp3) is 0.200. The molecule has 33 heavy (non-hydrogen) atoms. The lowest BCUT2D eigenvalue weighted by Crippen LogP contribution is -2.11. The van der Waals surface area contributed by atoms with Crippen LogP contribution in [0.1, 0.15) is 23.0 Å². The fourth-order valence-electron chi connectivity index (χ4n) is 3.76. The van der Waals surface area contributed by atoms with Gasteiger partial charge in [-0.25, -0.2) is 4.79 Å². The van der Waals surface area contributed by atoms with Crippen molar-refractivity contribution in [1.29, 1.82) is 0 Å². The number of phenols is 1. The van der Waals surface area contributed by atoms with Crippen LogP contribution in [0.25, 0.3) is 22.0 Å². The number of benzene rings is 2. The van der Waals surface area contributed by atoms with Gasteiger partial charge in [-0.05, 0) is 37.3 Å². The number of methoxy groups -OCH3 is 1. The van der Waals surface area contributed by atoms with E-state index in [4.69, 9.17) is 14.2 Å². The molecule has 2 aromatic heterocycles. The largest absolute Gasteiger partial charge is 0.507 e. The summed E-state index contributed by atoms with van der Waals surface area (Å²) in [5.41, 5.74) is 3.17. The number of halogens is 1. The van der Waals surface area contributed by atoms with Gasteiger partial charge in [0.15, 0.2) is 11.5 Å². The maximum absolute atomic E-state index is 12.9. The molecule has 0 spiro atoms. The molecule has 0 fully saturated rings. The van der Waals surface area contributed by atoms with Gasteiger partial charge in [-0.15, -0.1) is 12.4 Å². The number of rotatable bonds is 7. The number of esters is 1. The van der Waals surface area contributed by atoms with Crippen molar-refractivity contribution in [3.63, 3.8) is 0 Å². The molecule has 2 aromatic carbocycles. The first-order valence-corrected chi connectivity index (χ1v) is 10.2. The van der Waals surface area contributed by atoms with E-state index in [1.165, 1.54) is 0 Å². The van der Waals surface area contributed by atoms with Crippen molar-refractivity contribution in [2.24, 2.45) is 7.05 Å². The second kappa shape index (κ2) is 10.3. The molecule has 0 saturated heterocycles. The summed E-state index contributed by atoms with van der Waals surface area (Å²) in [4.78, 5) is 17.0. The molecule has 0 saturated carbocycles. The van der Waals surface area contributed by atoms with Crippen LogP contribution >= 0.6 is 12.4 Å². The van der Waals surface area contributed by atoms with Gasteiger partial charge in [0.25, 0.3) is 0 Å². The number of carbonyl (C=O) groups excluding carboxylic acids is 1. The Bertz CT molecular complexity index is 1270. The normalized spacial score (nSPS) is 10.5. The Hall–Kier alpha value is -3.71. The average Bonchev–Trinajstić information content (AvgIpc) is 3.08. The van der Waals surface area contributed by atoms with Gasteiger partial charge in [-0.3, -0.25) is 4.98 Å². The summed E-state index contributed by atoms with van der Waals surface area (Å²) in [6, 6.07) is 14.4. The Morgan fingerprint density at radius 3 is 2.55 bits per heavy atom. The molecule has 1 N–H and O–H groups in total. The molecule has 0 atom stereocenters. The highest BCUT2D eigenvalue weighted by molar-refractivity contribution is 6.07. The predicted octanol–water partition coefficient (Wildman–Crippen LogP) is 5.13. The van der Waals surface area contributed by atoms with Gasteiger partial charge in [0.1, 0.15) is 12.4 Å². The predicted molar refractivity (Wildman–Crippen MR) is 128 cm³/mol. The molecule has 0 aliphatic carbocycles. The molecular formula is C25H25ClN2O5. The number of phenolic OH excluding ortho intramolecular Hbond substituents is 1. The van der Waals surface area contributed by atoms with Crippen LogP contribution in [0.4, 0.5) is 0 Å². The molecule has 0 amide bonds. The third-order valence-electron chi connectivity index (χ3n) is 5.32. The van der Waals surface area contributed by atoms with E-state index in [9.17, 15) is 9.90 Å². The summed E-state index contributed by atoms with van der Waals surface area (Å²) in [5.74, 6) is 0.749. The quantitative estimate of drug-likeness (QED) is 0.378. The van der Waals surface area contributed by atoms with E-state index in [1.54, 1.807) is 50.7 Å². The van der Waals surface area contributed by atoms with Crippen LogP contribution in [0, 0.1) is 0 Å². The minimum absolute atomic E-state index is 0. The molecule has 0 bridgehead atoms. The third-order valence-corrected chi connectivity index (χ3v) is 5.32. The van der Waals surface area contributed by atoms with E-state index >= 15 is 0 Å². The Kier molecular flexibility index (Phi) is 7.45. The summed E-state index contributed by atoms with van der Waals surface area (Å²) in [6.45, 7) is 2.11. The lowest BCUT2D eigenvalue weighted by molar-refractivity contribution is 0.0525. The first kappa shape index (κ1) is 23.9. The fourth-order valence-corrected chi connectivity index (χ4v) is 3.76. The maximum Gasteiger partial charge on any atom is 0.340 e. The van der Waals surface area contributed by atoms with Gasteiger partial charge >= 0.3 is 5.97 Å². The zero-order chi connectivity index (χ0) is 22.7. The zero-order valence-electron chi connectivity index (χ0n) is 18.6.